The molecule has 3 heterocycles. The Morgan fingerprint density at radius 2 is 1.90 bits per heavy atom. The van der Waals surface area contributed by atoms with Gasteiger partial charge in [0.05, 0.1) is 32.4 Å². The Labute approximate surface area is 182 Å². The number of morpholine rings is 1. The quantitative estimate of drug-likeness (QED) is 0.658. The van der Waals surface area contributed by atoms with E-state index in [-0.39, 0.29) is 12.0 Å². The summed E-state index contributed by atoms with van der Waals surface area (Å²) >= 11 is 0. The number of pyridine rings is 2. The SMILES string of the molecule is COc1cccc(CC(=O)N2CCOC(c3cccc(Nc4cccc(C)n4)n3)C2)c1. The van der Waals surface area contributed by atoms with E-state index in [1.165, 1.54) is 0 Å². The van der Waals surface area contributed by atoms with Gasteiger partial charge in [-0.05, 0) is 48.9 Å². The van der Waals surface area contributed by atoms with Gasteiger partial charge in [-0.3, -0.25) is 4.79 Å². The van der Waals surface area contributed by atoms with Crippen LogP contribution in [0.25, 0.3) is 0 Å². The lowest BCUT2D eigenvalue weighted by atomic mass is 10.1. The zero-order valence-corrected chi connectivity index (χ0v) is 17.7. The van der Waals surface area contributed by atoms with Crippen LogP contribution in [-0.4, -0.2) is 47.6 Å². The largest absolute Gasteiger partial charge is 0.497 e. The van der Waals surface area contributed by atoms with Crippen LogP contribution in [-0.2, 0) is 16.0 Å². The van der Waals surface area contributed by atoms with Crippen LogP contribution in [0.5, 0.6) is 5.75 Å². The molecule has 1 N–H and O–H groups in total. The van der Waals surface area contributed by atoms with E-state index in [0.717, 1.165) is 28.5 Å². The molecule has 0 aliphatic carbocycles. The first-order chi connectivity index (χ1) is 15.1. The van der Waals surface area contributed by atoms with Crippen molar-refractivity contribution in [2.75, 3.05) is 32.1 Å². The first-order valence-electron chi connectivity index (χ1n) is 10.3. The van der Waals surface area contributed by atoms with Gasteiger partial charge < -0.3 is 19.7 Å². The summed E-state index contributed by atoms with van der Waals surface area (Å²) in [6, 6.07) is 19.1. The Balaban J connectivity index is 1.42. The first-order valence-corrected chi connectivity index (χ1v) is 10.3. The molecule has 1 fully saturated rings. The van der Waals surface area contributed by atoms with Crippen molar-refractivity contribution in [3.8, 4) is 5.75 Å². The standard InChI is InChI=1S/C24H26N4O3/c1-17-6-3-10-22(25-17)27-23-11-5-9-20(26-23)21-16-28(12-13-31-21)24(29)15-18-7-4-8-19(14-18)30-2/h3-11,14,21H,12-13,15-16H2,1-2H3,(H,25,26,27). The van der Waals surface area contributed by atoms with Crippen LogP contribution in [0, 0.1) is 6.92 Å². The number of methoxy groups -OCH3 is 1. The molecular formula is C24H26N4O3. The van der Waals surface area contributed by atoms with E-state index in [2.05, 4.69) is 10.3 Å². The molecule has 1 saturated heterocycles. The number of nitrogens with zero attached hydrogens (tertiary/aromatic N) is 3. The lowest BCUT2D eigenvalue weighted by Gasteiger charge is -2.33. The van der Waals surface area contributed by atoms with Crippen LogP contribution in [0.3, 0.4) is 0 Å². The highest BCUT2D eigenvalue weighted by Gasteiger charge is 2.26. The fourth-order valence-corrected chi connectivity index (χ4v) is 3.57. The molecule has 1 atom stereocenters. The van der Waals surface area contributed by atoms with Crippen LogP contribution in [0.1, 0.15) is 23.1 Å². The van der Waals surface area contributed by atoms with Gasteiger partial charge in [0, 0.05) is 12.2 Å². The molecule has 1 amide bonds. The molecule has 4 rings (SSSR count). The summed E-state index contributed by atoms with van der Waals surface area (Å²) in [7, 11) is 1.62. The average Bonchev–Trinajstić information content (AvgIpc) is 2.79. The zero-order chi connectivity index (χ0) is 21.6. The fourth-order valence-electron chi connectivity index (χ4n) is 3.57. The highest BCUT2D eigenvalue weighted by Crippen LogP contribution is 2.24. The highest BCUT2D eigenvalue weighted by atomic mass is 16.5. The number of aromatic nitrogens is 2. The summed E-state index contributed by atoms with van der Waals surface area (Å²) < 4.78 is 11.2. The maximum Gasteiger partial charge on any atom is 0.227 e. The number of carbonyl (C=O) groups excluding carboxylic acids is 1. The Kier molecular flexibility index (Phi) is 6.43. The average molecular weight is 418 g/mol. The number of hydrogen-bond acceptors (Lipinski definition) is 6. The molecule has 0 saturated carbocycles. The lowest BCUT2D eigenvalue weighted by Crippen LogP contribution is -2.43. The second kappa shape index (κ2) is 9.57. The third-order valence-corrected chi connectivity index (χ3v) is 5.15. The van der Waals surface area contributed by atoms with Crippen molar-refractivity contribution in [1.29, 1.82) is 0 Å². The van der Waals surface area contributed by atoms with Gasteiger partial charge in [0.2, 0.25) is 5.91 Å². The molecule has 7 heteroatoms. The van der Waals surface area contributed by atoms with E-state index in [1.54, 1.807) is 7.11 Å². The minimum Gasteiger partial charge on any atom is -0.497 e. The molecule has 0 bridgehead atoms. The third-order valence-electron chi connectivity index (χ3n) is 5.15. The number of rotatable bonds is 6. The summed E-state index contributed by atoms with van der Waals surface area (Å²) in [6.45, 7) is 3.47. The van der Waals surface area contributed by atoms with Crippen LogP contribution in [0.15, 0.2) is 60.7 Å². The predicted molar refractivity (Wildman–Crippen MR) is 118 cm³/mol. The molecular weight excluding hydrogens is 392 g/mol. The van der Waals surface area contributed by atoms with Gasteiger partial charge in [-0.15, -0.1) is 0 Å². The molecule has 1 aliphatic heterocycles. The summed E-state index contributed by atoms with van der Waals surface area (Å²) in [5, 5.41) is 3.23. The molecule has 1 aliphatic rings. The van der Waals surface area contributed by atoms with E-state index >= 15 is 0 Å². The van der Waals surface area contributed by atoms with Crippen LogP contribution >= 0.6 is 0 Å². The minimum absolute atomic E-state index is 0.0693. The topological polar surface area (TPSA) is 76.6 Å². The van der Waals surface area contributed by atoms with E-state index < -0.39 is 0 Å². The van der Waals surface area contributed by atoms with E-state index in [4.69, 9.17) is 14.5 Å². The van der Waals surface area contributed by atoms with E-state index in [9.17, 15) is 4.79 Å². The molecule has 0 radical (unpaired) electrons. The summed E-state index contributed by atoms with van der Waals surface area (Å²) in [5.41, 5.74) is 2.65. The number of hydrogen-bond donors (Lipinski definition) is 1. The molecule has 3 aromatic rings. The number of amides is 1. The summed E-state index contributed by atoms with van der Waals surface area (Å²) in [4.78, 5) is 23.9. The van der Waals surface area contributed by atoms with Crippen LogP contribution in [0.4, 0.5) is 11.6 Å². The fraction of sp³-hybridized carbons (Fsp3) is 0.292. The van der Waals surface area contributed by atoms with Crippen molar-refractivity contribution in [1.82, 2.24) is 14.9 Å². The molecule has 160 valence electrons. The number of ether oxygens (including phenoxy) is 2. The maximum atomic E-state index is 12.9. The van der Waals surface area contributed by atoms with Crippen molar-refractivity contribution < 1.29 is 14.3 Å². The Bertz CT molecular complexity index is 1060. The third kappa shape index (κ3) is 5.38. The predicted octanol–water partition coefficient (Wildman–Crippen LogP) is 3.68. The molecule has 0 spiro atoms. The van der Waals surface area contributed by atoms with Crippen molar-refractivity contribution in [2.24, 2.45) is 0 Å². The molecule has 31 heavy (non-hydrogen) atoms. The normalized spacial score (nSPS) is 16.1. The van der Waals surface area contributed by atoms with Crippen molar-refractivity contribution in [3.63, 3.8) is 0 Å². The van der Waals surface area contributed by atoms with E-state index in [1.807, 2.05) is 72.5 Å². The minimum atomic E-state index is -0.268. The molecule has 1 aromatic carbocycles. The molecule has 7 nitrogen and oxygen atoms in total. The van der Waals surface area contributed by atoms with Gasteiger partial charge in [0.15, 0.2) is 0 Å². The van der Waals surface area contributed by atoms with Gasteiger partial charge >= 0.3 is 0 Å². The smallest absolute Gasteiger partial charge is 0.227 e. The van der Waals surface area contributed by atoms with E-state index in [0.29, 0.717) is 31.9 Å². The number of benzene rings is 1. The van der Waals surface area contributed by atoms with Gasteiger partial charge in [0.1, 0.15) is 23.5 Å². The second-order valence-electron chi connectivity index (χ2n) is 7.46. The lowest BCUT2D eigenvalue weighted by molar-refractivity contribution is -0.138. The van der Waals surface area contributed by atoms with Gasteiger partial charge in [-0.2, -0.15) is 0 Å². The van der Waals surface area contributed by atoms with Crippen LogP contribution in [0.2, 0.25) is 0 Å². The Morgan fingerprint density at radius 1 is 1.13 bits per heavy atom. The Morgan fingerprint density at radius 3 is 2.71 bits per heavy atom. The first kappa shape index (κ1) is 20.8. The number of nitrogens with one attached hydrogen (secondary N) is 1. The highest BCUT2D eigenvalue weighted by molar-refractivity contribution is 5.79. The Hall–Kier alpha value is -3.45. The van der Waals surface area contributed by atoms with Gasteiger partial charge in [-0.1, -0.05) is 24.3 Å². The summed E-state index contributed by atoms with van der Waals surface area (Å²) in [5.74, 6) is 2.25. The zero-order valence-electron chi connectivity index (χ0n) is 17.7. The van der Waals surface area contributed by atoms with Crippen molar-refractivity contribution in [2.45, 2.75) is 19.4 Å². The maximum absolute atomic E-state index is 12.9. The molecule has 1 unspecified atom stereocenters. The number of aryl methyl sites for hydroxylation is 1. The monoisotopic (exact) mass is 418 g/mol. The molecule has 2 aromatic heterocycles. The number of carbonyl (C=O) groups is 1. The van der Waals surface area contributed by atoms with Gasteiger partial charge in [0.25, 0.3) is 0 Å². The van der Waals surface area contributed by atoms with Crippen LogP contribution < -0.4 is 10.1 Å². The summed E-state index contributed by atoms with van der Waals surface area (Å²) in [6.07, 6.45) is 0.0630. The van der Waals surface area contributed by atoms with Gasteiger partial charge in [-0.25, -0.2) is 9.97 Å². The number of anilines is 2. The van der Waals surface area contributed by atoms with Crippen molar-refractivity contribution >= 4 is 17.5 Å². The second-order valence-corrected chi connectivity index (χ2v) is 7.46. The van der Waals surface area contributed by atoms with Crippen molar-refractivity contribution in [3.05, 3.63) is 77.6 Å².